The molecular formula is C15H21F2NO. The number of aliphatic hydroxyl groups is 1. The van der Waals surface area contributed by atoms with E-state index < -0.39 is 11.6 Å². The van der Waals surface area contributed by atoms with Crippen molar-refractivity contribution in [1.29, 1.82) is 0 Å². The summed E-state index contributed by atoms with van der Waals surface area (Å²) in [5, 5.41) is 9.46. The van der Waals surface area contributed by atoms with Crippen molar-refractivity contribution < 1.29 is 13.9 Å². The molecule has 2 nitrogen and oxygen atoms in total. The third-order valence-corrected chi connectivity index (χ3v) is 3.84. The van der Waals surface area contributed by atoms with E-state index in [9.17, 15) is 13.9 Å². The summed E-state index contributed by atoms with van der Waals surface area (Å²) in [6.07, 6.45) is 3.64. The summed E-state index contributed by atoms with van der Waals surface area (Å²) in [5.41, 5.74) is 0.528. The standard InChI is InChI=1S/C15H21F2NO/c1-18(9-11-2-6-14(19)7-3-11)10-12-4-5-13(16)8-15(12)17/h4-5,8,11,14,19H,2-3,6-7,9-10H2,1H3. The van der Waals surface area contributed by atoms with Gasteiger partial charge >= 0.3 is 0 Å². The third-order valence-electron chi connectivity index (χ3n) is 3.84. The zero-order valence-corrected chi connectivity index (χ0v) is 11.3. The number of rotatable bonds is 4. The average Bonchev–Trinajstić information content (AvgIpc) is 2.36. The fraction of sp³-hybridized carbons (Fsp3) is 0.600. The van der Waals surface area contributed by atoms with Crippen LogP contribution < -0.4 is 0 Å². The second-order valence-corrected chi connectivity index (χ2v) is 5.61. The van der Waals surface area contributed by atoms with Gasteiger partial charge in [-0.3, -0.25) is 0 Å². The molecule has 0 aliphatic heterocycles. The SMILES string of the molecule is CN(Cc1ccc(F)cc1F)CC1CCC(O)CC1. The first-order chi connectivity index (χ1) is 9.04. The number of hydrogen-bond donors (Lipinski definition) is 1. The Morgan fingerprint density at radius 2 is 1.89 bits per heavy atom. The normalized spacial score (nSPS) is 23.8. The molecule has 1 aromatic rings. The highest BCUT2D eigenvalue weighted by Crippen LogP contribution is 2.25. The monoisotopic (exact) mass is 269 g/mol. The predicted octanol–water partition coefficient (Wildman–Crippen LogP) is 2.95. The maximum absolute atomic E-state index is 13.5. The molecule has 4 heteroatoms. The molecule has 19 heavy (non-hydrogen) atoms. The van der Waals surface area contributed by atoms with Gasteiger partial charge in [0.25, 0.3) is 0 Å². The second-order valence-electron chi connectivity index (χ2n) is 5.61. The Balaban J connectivity index is 1.85. The molecule has 0 spiro atoms. The first-order valence-corrected chi connectivity index (χ1v) is 6.85. The highest BCUT2D eigenvalue weighted by Gasteiger charge is 2.20. The molecule has 0 atom stereocenters. The van der Waals surface area contributed by atoms with Crippen molar-refractivity contribution in [2.45, 2.75) is 38.3 Å². The minimum absolute atomic E-state index is 0.143. The van der Waals surface area contributed by atoms with E-state index in [2.05, 4.69) is 4.90 Å². The number of hydrogen-bond acceptors (Lipinski definition) is 2. The smallest absolute Gasteiger partial charge is 0.130 e. The van der Waals surface area contributed by atoms with Gasteiger partial charge in [0.1, 0.15) is 11.6 Å². The van der Waals surface area contributed by atoms with Gasteiger partial charge in [0, 0.05) is 24.7 Å². The van der Waals surface area contributed by atoms with Crippen LogP contribution >= 0.6 is 0 Å². The summed E-state index contributed by atoms with van der Waals surface area (Å²) in [7, 11) is 1.95. The van der Waals surface area contributed by atoms with Gasteiger partial charge in [-0.15, -0.1) is 0 Å². The Morgan fingerprint density at radius 3 is 2.53 bits per heavy atom. The molecule has 0 aromatic heterocycles. The summed E-state index contributed by atoms with van der Waals surface area (Å²) < 4.78 is 26.4. The molecule has 0 unspecified atom stereocenters. The van der Waals surface area contributed by atoms with Crippen molar-refractivity contribution >= 4 is 0 Å². The highest BCUT2D eigenvalue weighted by atomic mass is 19.1. The quantitative estimate of drug-likeness (QED) is 0.908. The van der Waals surface area contributed by atoms with Crippen LogP contribution in [0.3, 0.4) is 0 Å². The van der Waals surface area contributed by atoms with Crippen LogP contribution in [0.1, 0.15) is 31.2 Å². The molecule has 0 bridgehead atoms. The summed E-state index contributed by atoms with van der Waals surface area (Å²) in [5.74, 6) is -0.451. The van der Waals surface area contributed by atoms with Crippen LogP contribution in [0.5, 0.6) is 0 Å². The van der Waals surface area contributed by atoms with E-state index in [1.54, 1.807) is 0 Å². The largest absolute Gasteiger partial charge is 0.393 e. The molecule has 0 amide bonds. The zero-order chi connectivity index (χ0) is 13.8. The van der Waals surface area contributed by atoms with Gasteiger partial charge < -0.3 is 10.0 Å². The van der Waals surface area contributed by atoms with Crippen molar-refractivity contribution in [3.05, 3.63) is 35.4 Å². The second kappa shape index (κ2) is 6.44. The molecule has 1 aromatic carbocycles. The lowest BCUT2D eigenvalue weighted by Crippen LogP contribution is -2.29. The van der Waals surface area contributed by atoms with E-state index in [4.69, 9.17) is 0 Å². The number of benzene rings is 1. The Morgan fingerprint density at radius 1 is 1.21 bits per heavy atom. The van der Waals surface area contributed by atoms with Crippen LogP contribution in [0, 0.1) is 17.6 Å². The maximum atomic E-state index is 13.5. The lowest BCUT2D eigenvalue weighted by molar-refractivity contribution is 0.0966. The van der Waals surface area contributed by atoms with Gasteiger partial charge in [0.15, 0.2) is 0 Å². The van der Waals surface area contributed by atoms with E-state index in [1.807, 2.05) is 7.05 Å². The van der Waals surface area contributed by atoms with Crippen LogP contribution in [-0.4, -0.2) is 29.7 Å². The van der Waals surface area contributed by atoms with Crippen molar-refractivity contribution in [2.75, 3.05) is 13.6 Å². The molecule has 2 rings (SSSR count). The lowest BCUT2D eigenvalue weighted by Gasteiger charge is -2.29. The van der Waals surface area contributed by atoms with Gasteiger partial charge in [-0.1, -0.05) is 6.07 Å². The fourth-order valence-electron chi connectivity index (χ4n) is 2.77. The molecule has 1 aliphatic rings. The van der Waals surface area contributed by atoms with Crippen molar-refractivity contribution in [1.82, 2.24) is 4.90 Å². The Labute approximate surface area is 113 Å². The average molecular weight is 269 g/mol. The third kappa shape index (κ3) is 4.25. The van der Waals surface area contributed by atoms with Gasteiger partial charge in [0.2, 0.25) is 0 Å². The molecule has 0 heterocycles. The Kier molecular flexibility index (Phi) is 4.88. The van der Waals surface area contributed by atoms with E-state index in [0.29, 0.717) is 18.0 Å². The van der Waals surface area contributed by atoms with Gasteiger partial charge in [-0.05, 0) is 44.7 Å². The van der Waals surface area contributed by atoms with Crippen LogP contribution in [0.15, 0.2) is 18.2 Å². The zero-order valence-electron chi connectivity index (χ0n) is 11.3. The number of aliphatic hydroxyl groups excluding tert-OH is 1. The molecule has 1 N–H and O–H groups in total. The summed E-state index contributed by atoms with van der Waals surface area (Å²) in [4.78, 5) is 2.07. The van der Waals surface area contributed by atoms with Gasteiger partial charge in [-0.2, -0.15) is 0 Å². The highest BCUT2D eigenvalue weighted by molar-refractivity contribution is 5.18. The molecule has 0 saturated heterocycles. The van der Waals surface area contributed by atoms with Gasteiger partial charge in [0.05, 0.1) is 6.10 Å². The summed E-state index contributed by atoms with van der Waals surface area (Å²) in [6.45, 7) is 1.38. The van der Waals surface area contributed by atoms with Crippen molar-refractivity contribution in [3.8, 4) is 0 Å². The van der Waals surface area contributed by atoms with Crippen LogP contribution in [0.4, 0.5) is 8.78 Å². The molecule has 1 fully saturated rings. The topological polar surface area (TPSA) is 23.5 Å². The van der Waals surface area contributed by atoms with E-state index in [1.165, 1.54) is 12.1 Å². The van der Waals surface area contributed by atoms with Crippen molar-refractivity contribution in [2.24, 2.45) is 5.92 Å². The molecule has 0 radical (unpaired) electrons. The van der Waals surface area contributed by atoms with E-state index in [0.717, 1.165) is 38.3 Å². The first kappa shape index (κ1) is 14.4. The number of halogens is 2. The van der Waals surface area contributed by atoms with Crippen molar-refractivity contribution in [3.63, 3.8) is 0 Å². The minimum Gasteiger partial charge on any atom is -0.393 e. The summed E-state index contributed by atoms with van der Waals surface area (Å²) >= 11 is 0. The first-order valence-electron chi connectivity index (χ1n) is 6.85. The van der Waals surface area contributed by atoms with Crippen LogP contribution in [-0.2, 0) is 6.54 Å². The molecule has 1 aliphatic carbocycles. The fourth-order valence-corrected chi connectivity index (χ4v) is 2.77. The van der Waals surface area contributed by atoms with E-state index in [-0.39, 0.29) is 6.10 Å². The molecule has 1 saturated carbocycles. The van der Waals surface area contributed by atoms with E-state index >= 15 is 0 Å². The van der Waals surface area contributed by atoms with Crippen LogP contribution in [0.25, 0.3) is 0 Å². The van der Waals surface area contributed by atoms with Crippen LogP contribution in [0.2, 0.25) is 0 Å². The Hall–Kier alpha value is -1.00. The maximum Gasteiger partial charge on any atom is 0.130 e. The Bertz CT molecular complexity index is 417. The van der Waals surface area contributed by atoms with Gasteiger partial charge in [-0.25, -0.2) is 8.78 Å². The lowest BCUT2D eigenvalue weighted by atomic mass is 9.87. The predicted molar refractivity (Wildman–Crippen MR) is 70.7 cm³/mol. The molecular weight excluding hydrogens is 248 g/mol. The number of nitrogens with zero attached hydrogens (tertiary/aromatic N) is 1. The molecule has 106 valence electrons. The minimum atomic E-state index is -0.537. The summed E-state index contributed by atoms with van der Waals surface area (Å²) in [6, 6.07) is 3.73.